The molecule has 0 N–H and O–H groups in total. The normalized spacial score (nSPS) is 12.9. The first kappa shape index (κ1) is 14.8. The van der Waals surface area contributed by atoms with E-state index in [-0.39, 0.29) is 16.8 Å². The summed E-state index contributed by atoms with van der Waals surface area (Å²) >= 11 is 0. The van der Waals surface area contributed by atoms with Crippen LogP contribution in [0.25, 0.3) is 11.1 Å². The van der Waals surface area contributed by atoms with Gasteiger partial charge in [0.25, 0.3) is 0 Å². The van der Waals surface area contributed by atoms with Crippen LogP contribution < -0.4 is 4.74 Å². The van der Waals surface area contributed by atoms with Crippen LogP contribution in [0, 0.1) is 29.0 Å². The van der Waals surface area contributed by atoms with Gasteiger partial charge in [-0.15, -0.1) is 4.91 Å². The number of fused-ring (bicyclic) bond motifs is 1. The predicted octanol–water partition coefficient (Wildman–Crippen LogP) is 2.56. The Balaban J connectivity index is 2.29. The first-order valence-electron chi connectivity index (χ1n) is 6.88. The fourth-order valence-corrected chi connectivity index (χ4v) is 2.60. The molecule has 0 saturated heterocycles. The summed E-state index contributed by atoms with van der Waals surface area (Å²) in [5, 5.41) is 15.4. The maximum absolute atomic E-state index is 14.0. The molecule has 0 saturated carbocycles. The number of benzene rings is 1. The quantitative estimate of drug-likeness (QED) is 0.793. The van der Waals surface area contributed by atoms with Crippen molar-refractivity contribution in [3.05, 3.63) is 39.7 Å². The molecule has 8 heteroatoms. The maximum Gasteiger partial charge on any atom is 0.337 e. The summed E-state index contributed by atoms with van der Waals surface area (Å²) in [6, 6.07) is 4.28. The van der Waals surface area contributed by atoms with Gasteiger partial charge in [0.15, 0.2) is 5.69 Å². The molecule has 1 aromatic carbocycles. The van der Waals surface area contributed by atoms with E-state index in [2.05, 4.69) is 10.3 Å². The van der Waals surface area contributed by atoms with Gasteiger partial charge in [0, 0.05) is 18.1 Å². The lowest BCUT2D eigenvalue weighted by atomic mass is 9.97. The van der Waals surface area contributed by atoms with Gasteiger partial charge < -0.3 is 4.74 Å². The van der Waals surface area contributed by atoms with Crippen molar-refractivity contribution in [2.75, 3.05) is 6.61 Å². The summed E-state index contributed by atoms with van der Waals surface area (Å²) in [6.45, 7) is 2.62. The predicted molar refractivity (Wildman–Crippen MR) is 77.3 cm³/mol. The lowest BCUT2D eigenvalue weighted by molar-refractivity contribution is 0.0995. The lowest BCUT2D eigenvalue weighted by Gasteiger charge is -2.16. The van der Waals surface area contributed by atoms with Crippen molar-refractivity contribution in [3.63, 3.8) is 0 Å². The lowest BCUT2D eigenvalue weighted by Crippen LogP contribution is -2.15. The number of hydrogen-bond acceptors (Lipinski definition) is 5. The summed E-state index contributed by atoms with van der Waals surface area (Å²) in [6.07, 6.45) is 0.705. The van der Waals surface area contributed by atoms with E-state index in [1.54, 1.807) is 13.0 Å². The van der Waals surface area contributed by atoms with Crippen molar-refractivity contribution in [3.8, 4) is 23.1 Å². The molecule has 7 nitrogen and oxygen atoms in total. The largest absolute Gasteiger partial charge is 0.477 e. The van der Waals surface area contributed by atoms with Gasteiger partial charge in [-0.05, 0) is 30.2 Å². The second-order valence-corrected chi connectivity index (χ2v) is 5.11. The number of ether oxygens (including phenoxy) is 1. The molecule has 116 valence electrons. The summed E-state index contributed by atoms with van der Waals surface area (Å²) in [7, 11) is 0. The van der Waals surface area contributed by atoms with Crippen LogP contribution in [0.2, 0.25) is 0 Å². The molecule has 0 spiro atoms. The SMILES string of the molecule is Cc1cc(C#N)c(F)cc1-c1c(C(=O)N=O)nn2c1OCCC2. The standard InChI is InChI=1S/C15H11FN4O3/c1-8-5-9(7-17)11(16)6-10(8)12-13(14(21)19-22)18-20-3-2-4-23-15(12)20/h5-6H,2-4H2,1H3. The monoisotopic (exact) mass is 314 g/mol. The highest BCUT2D eigenvalue weighted by molar-refractivity contribution is 6.01. The number of aromatic nitrogens is 2. The van der Waals surface area contributed by atoms with E-state index in [1.165, 1.54) is 10.7 Å². The van der Waals surface area contributed by atoms with E-state index in [1.807, 2.05) is 0 Å². The highest BCUT2D eigenvalue weighted by Gasteiger charge is 2.29. The Morgan fingerprint density at radius 2 is 2.30 bits per heavy atom. The highest BCUT2D eigenvalue weighted by atomic mass is 19.1. The van der Waals surface area contributed by atoms with Gasteiger partial charge >= 0.3 is 5.91 Å². The first-order valence-corrected chi connectivity index (χ1v) is 6.88. The summed E-state index contributed by atoms with van der Waals surface area (Å²) in [5.74, 6) is -1.47. The van der Waals surface area contributed by atoms with Crippen molar-refractivity contribution in [1.82, 2.24) is 9.78 Å². The van der Waals surface area contributed by atoms with Crippen molar-refractivity contribution in [2.24, 2.45) is 5.18 Å². The Bertz CT molecular complexity index is 867. The first-order chi connectivity index (χ1) is 11.1. The molecule has 2 aromatic rings. The van der Waals surface area contributed by atoms with Gasteiger partial charge in [-0.3, -0.25) is 4.79 Å². The number of carbonyl (C=O) groups is 1. The zero-order valence-corrected chi connectivity index (χ0v) is 12.2. The minimum atomic E-state index is -1.05. The molecule has 0 bridgehead atoms. The molecule has 1 aliphatic heterocycles. The molecule has 3 rings (SSSR count). The van der Waals surface area contributed by atoms with Gasteiger partial charge in [0.2, 0.25) is 5.88 Å². The third-order valence-electron chi connectivity index (χ3n) is 3.65. The number of carbonyl (C=O) groups excluding carboxylic acids is 1. The molecular formula is C15H11FN4O3. The van der Waals surface area contributed by atoms with Crippen LogP contribution in [-0.4, -0.2) is 22.3 Å². The molecule has 1 aliphatic rings. The van der Waals surface area contributed by atoms with E-state index < -0.39 is 11.7 Å². The van der Waals surface area contributed by atoms with E-state index in [0.29, 0.717) is 36.6 Å². The topological polar surface area (TPSA) is 97.3 Å². The van der Waals surface area contributed by atoms with Crippen LogP contribution in [0.1, 0.15) is 28.0 Å². The maximum atomic E-state index is 14.0. The molecule has 1 amide bonds. The molecule has 2 heterocycles. The van der Waals surface area contributed by atoms with E-state index in [9.17, 15) is 14.1 Å². The van der Waals surface area contributed by atoms with Gasteiger partial charge in [0.1, 0.15) is 11.9 Å². The van der Waals surface area contributed by atoms with E-state index >= 15 is 0 Å². The van der Waals surface area contributed by atoms with Crippen LogP contribution in [0.15, 0.2) is 17.3 Å². The molecule has 0 fully saturated rings. The van der Waals surface area contributed by atoms with Crippen LogP contribution in [-0.2, 0) is 6.54 Å². The average molecular weight is 314 g/mol. The number of nitroso groups, excluding NO2 is 1. The Hall–Kier alpha value is -3.08. The molecule has 0 atom stereocenters. The Morgan fingerprint density at radius 1 is 1.52 bits per heavy atom. The zero-order chi connectivity index (χ0) is 16.6. The summed E-state index contributed by atoms with van der Waals surface area (Å²) in [4.78, 5) is 22.4. The minimum absolute atomic E-state index is 0.102. The van der Waals surface area contributed by atoms with Crippen molar-refractivity contribution < 1.29 is 13.9 Å². The molecule has 1 aromatic heterocycles. The molecule has 0 unspecified atom stereocenters. The van der Waals surface area contributed by atoms with Crippen LogP contribution in [0.4, 0.5) is 4.39 Å². The number of hydrogen-bond donors (Lipinski definition) is 0. The van der Waals surface area contributed by atoms with Crippen LogP contribution in [0.5, 0.6) is 5.88 Å². The molecular weight excluding hydrogens is 303 g/mol. The average Bonchev–Trinajstić information content (AvgIpc) is 2.95. The van der Waals surface area contributed by atoms with Crippen molar-refractivity contribution in [1.29, 1.82) is 5.26 Å². The summed E-state index contributed by atoms with van der Waals surface area (Å²) in [5.41, 5.74) is 0.860. The number of aryl methyl sites for hydroxylation is 2. The van der Waals surface area contributed by atoms with Crippen LogP contribution in [0.3, 0.4) is 0 Å². The zero-order valence-electron chi connectivity index (χ0n) is 12.2. The third kappa shape index (κ3) is 2.36. The van der Waals surface area contributed by atoms with E-state index in [0.717, 1.165) is 6.07 Å². The van der Waals surface area contributed by atoms with Crippen molar-refractivity contribution in [2.45, 2.75) is 19.9 Å². The Kier molecular flexibility index (Phi) is 3.62. The van der Waals surface area contributed by atoms with E-state index in [4.69, 9.17) is 10.00 Å². The second-order valence-electron chi connectivity index (χ2n) is 5.11. The van der Waals surface area contributed by atoms with Gasteiger partial charge in [-0.2, -0.15) is 10.4 Å². The Morgan fingerprint density at radius 3 is 3.00 bits per heavy atom. The molecule has 23 heavy (non-hydrogen) atoms. The number of amides is 1. The molecule has 0 aliphatic carbocycles. The number of nitriles is 1. The minimum Gasteiger partial charge on any atom is -0.477 e. The highest BCUT2D eigenvalue weighted by Crippen LogP contribution is 2.38. The van der Waals surface area contributed by atoms with Gasteiger partial charge in [0.05, 0.1) is 17.7 Å². The summed E-state index contributed by atoms with van der Waals surface area (Å²) < 4.78 is 21.0. The third-order valence-corrected chi connectivity index (χ3v) is 3.65. The smallest absolute Gasteiger partial charge is 0.337 e. The number of nitrogens with zero attached hydrogens (tertiary/aromatic N) is 4. The van der Waals surface area contributed by atoms with Gasteiger partial charge in [-0.25, -0.2) is 9.07 Å². The number of rotatable bonds is 2. The van der Waals surface area contributed by atoms with Crippen molar-refractivity contribution >= 4 is 5.91 Å². The fraction of sp³-hybridized carbons (Fsp3) is 0.267. The fourth-order valence-electron chi connectivity index (χ4n) is 2.60. The second kappa shape index (κ2) is 5.61. The molecule has 0 radical (unpaired) electrons. The van der Waals surface area contributed by atoms with Crippen LogP contribution >= 0.6 is 0 Å². The Labute approximate surface area is 130 Å². The van der Waals surface area contributed by atoms with Gasteiger partial charge in [-0.1, -0.05) is 0 Å². The number of halogens is 1.